The van der Waals surface area contributed by atoms with Crippen LogP contribution in [0, 0.1) is 11.6 Å². The molecule has 6 rings (SSSR count). The molecule has 3 aromatic carbocycles. The van der Waals surface area contributed by atoms with E-state index in [2.05, 4.69) is 20.3 Å². The maximum atomic E-state index is 14.9. The monoisotopic (exact) mass is 555 g/mol. The molecule has 10 heteroatoms. The van der Waals surface area contributed by atoms with Gasteiger partial charge >= 0.3 is 0 Å². The van der Waals surface area contributed by atoms with Crippen molar-refractivity contribution in [3.8, 4) is 16.8 Å². The molecule has 3 heterocycles. The van der Waals surface area contributed by atoms with Crippen molar-refractivity contribution in [2.24, 2.45) is 0 Å². The number of nitrogens with zero attached hydrogens (tertiary/aromatic N) is 3. The second-order valence-electron chi connectivity index (χ2n) is 9.16. The van der Waals surface area contributed by atoms with Crippen LogP contribution in [0.3, 0.4) is 0 Å². The van der Waals surface area contributed by atoms with Crippen molar-refractivity contribution in [3.63, 3.8) is 0 Å². The molecule has 0 aliphatic heterocycles. The molecule has 7 nitrogen and oxygen atoms in total. The Labute approximate surface area is 230 Å². The number of hydrogen-bond donors (Lipinski definition) is 2. The predicted octanol–water partition coefficient (Wildman–Crippen LogP) is 6.39. The second kappa shape index (κ2) is 10.0. The zero-order valence-electron chi connectivity index (χ0n) is 21.0. The van der Waals surface area contributed by atoms with E-state index in [9.17, 15) is 18.4 Å². The van der Waals surface area contributed by atoms with Crippen molar-refractivity contribution in [2.45, 2.75) is 13.0 Å². The number of anilines is 1. The molecule has 0 aliphatic rings. The van der Waals surface area contributed by atoms with Gasteiger partial charge < -0.3 is 10.3 Å². The Kier molecular flexibility index (Phi) is 6.36. The summed E-state index contributed by atoms with van der Waals surface area (Å²) in [6.07, 6.45) is 2.82. The molecule has 40 heavy (non-hydrogen) atoms. The van der Waals surface area contributed by atoms with Gasteiger partial charge in [-0.05, 0) is 30.7 Å². The van der Waals surface area contributed by atoms with Gasteiger partial charge in [0.15, 0.2) is 17.1 Å². The zero-order chi connectivity index (χ0) is 28.0. The van der Waals surface area contributed by atoms with Gasteiger partial charge in [-0.3, -0.25) is 14.2 Å². The highest BCUT2D eigenvalue weighted by Crippen LogP contribution is 2.37. The van der Waals surface area contributed by atoms with Gasteiger partial charge in [-0.2, -0.15) is 0 Å². The average Bonchev–Trinajstić information content (AvgIpc) is 2.96. The molecule has 198 valence electrons. The van der Waals surface area contributed by atoms with Gasteiger partial charge in [0.25, 0.3) is 5.56 Å². The molecule has 1 atom stereocenters. The Bertz CT molecular complexity index is 2040. The van der Waals surface area contributed by atoms with E-state index in [1.807, 2.05) is 6.07 Å². The average molecular weight is 556 g/mol. The third kappa shape index (κ3) is 4.11. The van der Waals surface area contributed by atoms with Crippen LogP contribution in [0.4, 0.5) is 14.6 Å². The molecule has 2 N–H and O–H groups in total. The molecule has 0 spiro atoms. The minimum Gasteiger partial charge on any atom is -0.361 e. The Balaban J connectivity index is 1.64. The molecule has 0 aliphatic carbocycles. The molecule has 0 amide bonds. The second-order valence-corrected chi connectivity index (χ2v) is 9.54. The Morgan fingerprint density at radius 2 is 1.65 bits per heavy atom. The van der Waals surface area contributed by atoms with E-state index in [1.165, 1.54) is 35.3 Å². The van der Waals surface area contributed by atoms with Crippen LogP contribution in [0.25, 0.3) is 38.6 Å². The Morgan fingerprint density at radius 3 is 2.45 bits per heavy atom. The van der Waals surface area contributed by atoms with E-state index in [-0.39, 0.29) is 38.2 Å². The fraction of sp³-hybridized carbons (Fsp3) is 0.0667. The zero-order valence-corrected chi connectivity index (χ0v) is 21.7. The molecular weight excluding hydrogens is 536 g/mol. The number of fused-ring (bicyclic) bond motifs is 2. The normalized spacial score (nSPS) is 12.1. The van der Waals surface area contributed by atoms with Crippen molar-refractivity contribution < 1.29 is 8.78 Å². The minimum atomic E-state index is -1.06. The van der Waals surface area contributed by atoms with Crippen LogP contribution >= 0.6 is 11.6 Å². The van der Waals surface area contributed by atoms with Crippen LogP contribution < -0.4 is 16.3 Å². The van der Waals surface area contributed by atoms with Crippen LogP contribution in [0.2, 0.25) is 5.02 Å². The number of aromatic nitrogens is 4. The van der Waals surface area contributed by atoms with E-state index in [0.717, 1.165) is 6.07 Å². The summed E-state index contributed by atoms with van der Waals surface area (Å²) in [6.45, 7) is 1.78. The van der Waals surface area contributed by atoms with Crippen LogP contribution in [0.5, 0.6) is 0 Å². The van der Waals surface area contributed by atoms with E-state index >= 15 is 0 Å². The smallest absolute Gasteiger partial charge is 0.263 e. The van der Waals surface area contributed by atoms with E-state index < -0.39 is 23.2 Å². The first-order chi connectivity index (χ1) is 19.4. The molecule has 0 saturated carbocycles. The summed E-state index contributed by atoms with van der Waals surface area (Å²) in [7, 11) is 0. The van der Waals surface area contributed by atoms with Crippen LogP contribution in [-0.4, -0.2) is 19.5 Å². The van der Waals surface area contributed by atoms with Gasteiger partial charge in [0, 0.05) is 28.9 Å². The lowest BCUT2D eigenvalue weighted by Crippen LogP contribution is -2.27. The number of rotatable bonds is 5. The summed E-state index contributed by atoms with van der Waals surface area (Å²) in [5.41, 5.74) is 0.663. The lowest BCUT2D eigenvalue weighted by atomic mass is 9.97. The van der Waals surface area contributed by atoms with Gasteiger partial charge in [-0.1, -0.05) is 60.1 Å². The van der Waals surface area contributed by atoms with E-state index in [0.29, 0.717) is 22.4 Å². The molecule has 6 aromatic rings. The number of benzene rings is 3. The predicted molar refractivity (Wildman–Crippen MR) is 152 cm³/mol. The number of aromatic amines is 1. The number of para-hydroxylation sites is 1. The topological polar surface area (TPSA) is 92.7 Å². The van der Waals surface area contributed by atoms with Crippen molar-refractivity contribution in [1.82, 2.24) is 19.5 Å². The van der Waals surface area contributed by atoms with Crippen LogP contribution in [-0.2, 0) is 0 Å². The molecular formula is C30H20ClF2N5O2. The fourth-order valence-electron chi connectivity index (χ4n) is 4.97. The van der Waals surface area contributed by atoms with Crippen molar-refractivity contribution in [3.05, 3.63) is 128 Å². The summed E-state index contributed by atoms with van der Waals surface area (Å²) in [5.74, 6) is -1.82. The lowest BCUT2D eigenvalue weighted by molar-refractivity contribution is 0.511. The summed E-state index contributed by atoms with van der Waals surface area (Å²) >= 11 is 7.04. The standard InChI is InChI=1S/C30H20ClF2N5O2/c1-16(37-29-24-22(39)13-14-34-28(24)35-15-36-29)27-25(31)20-11-5-9-18(19-10-6-12-21(32)26(19)33)23(20)30(40)38(27)17-7-3-2-4-8-17/h2-16H,1H3,(H2,34,35,36,37,39)/t16-/m0/s1. The molecule has 0 bridgehead atoms. The van der Waals surface area contributed by atoms with Gasteiger partial charge in [0.1, 0.15) is 23.2 Å². The Hall–Kier alpha value is -4.89. The maximum Gasteiger partial charge on any atom is 0.263 e. The highest BCUT2D eigenvalue weighted by molar-refractivity contribution is 6.36. The summed E-state index contributed by atoms with van der Waals surface area (Å²) < 4.78 is 30.5. The number of nitrogens with one attached hydrogen (secondary N) is 2. The Morgan fingerprint density at radius 1 is 0.900 bits per heavy atom. The number of H-pyrrole nitrogens is 1. The minimum absolute atomic E-state index is 0.0519. The molecule has 0 fully saturated rings. The molecule has 0 unspecified atom stereocenters. The molecule has 3 aromatic heterocycles. The fourth-order valence-corrected chi connectivity index (χ4v) is 5.37. The van der Waals surface area contributed by atoms with Gasteiger partial charge in [0.05, 0.1) is 22.1 Å². The summed E-state index contributed by atoms with van der Waals surface area (Å²) in [5, 5.41) is 4.21. The van der Waals surface area contributed by atoms with Gasteiger partial charge in [-0.25, -0.2) is 18.7 Å². The van der Waals surface area contributed by atoms with Crippen LogP contribution in [0.15, 0.2) is 94.9 Å². The first-order valence-electron chi connectivity index (χ1n) is 12.3. The largest absolute Gasteiger partial charge is 0.361 e. The van der Waals surface area contributed by atoms with Gasteiger partial charge in [0.2, 0.25) is 0 Å². The SMILES string of the molecule is C[C@H](Nc1ncnc2[nH]ccc(=O)c12)c1c(Cl)c2cccc(-c3cccc(F)c3F)c2c(=O)n1-c1ccccc1. The summed E-state index contributed by atoms with van der Waals surface area (Å²) in [4.78, 5) is 38.3. The van der Waals surface area contributed by atoms with E-state index in [4.69, 9.17) is 11.6 Å². The first kappa shape index (κ1) is 25.4. The van der Waals surface area contributed by atoms with E-state index in [1.54, 1.807) is 49.4 Å². The van der Waals surface area contributed by atoms with Crippen LogP contribution in [0.1, 0.15) is 18.7 Å². The number of hydrogen-bond acceptors (Lipinski definition) is 5. The highest BCUT2D eigenvalue weighted by atomic mass is 35.5. The number of halogens is 3. The van der Waals surface area contributed by atoms with Crippen molar-refractivity contribution in [1.29, 1.82) is 0 Å². The molecule has 0 saturated heterocycles. The maximum absolute atomic E-state index is 14.9. The molecule has 0 radical (unpaired) electrons. The quantitative estimate of drug-likeness (QED) is 0.257. The highest BCUT2D eigenvalue weighted by Gasteiger charge is 2.25. The summed E-state index contributed by atoms with van der Waals surface area (Å²) in [6, 6.07) is 18.3. The first-order valence-corrected chi connectivity index (χ1v) is 12.7. The third-order valence-electron chi connectivity index (χ3n) is 6.75. The lowest BCUT2D eigenvalue weighted by Gasteiger charge is -2.24. The van der Waals surface area contributed by atoms with Crippen molar-refractivity contribution in [2.75, 3.05) is 5.32 Å². The number of pyridine rings is 2. The third-order valence-corrected chi connectivity index (χ3v) is 7.15. The van der Waals surface area contributed by atoms with Crippen molar-refractivity contribution >= 4 is 39.2 Å². The van der Waals surface area contributed by atoms with Gasteiger partial charge in [-0.15, -0.1) is 0 Å².